The minimum Gasteiger partial charge on any atom is -0.396 e. The van der Waals surface area contributed by atoms with Gasteiger partial charge >= 0.3 is 0 Å². The van der Waals surface area contributed by atoms with Gasteiger partial charge in [0.15, 0.2) is 0 Å². The molecule has 1 fully saturated rings. The molecule has 1 aromatic heterocycles. The molecule has 0 saturated carbocycles. The quantitative estimate of drug-likeness (QED) is 0.846. The van der Waals surface area contributed by atoms with E-state index in [9.17, 15) is 5.11 Å². The Morgan fingerprint density at radius 1 is 1.50 bits per heavy atom. The Kier molecular flexibility index (Phi) is 4.36. The van der Waals surface area contributed by atoms with E-state index in [4.69, 9.17) is 0 Å². The third kappa shape index (κ3) is 3.10. The number of aromatic nitrogens is 2. The Morgan fingerprint density at radius 2 is 2.33 bits per heavy atom. The van der Waals surface area contributed by atoms with Crippen molar-refractivity contribution >= 4 is 11.8 Å². The van der Waals surface area contributed by atoms with Crippen molar-refractivity contribution in [3.8, 4) is 0 Å². The summed E-state index contributed by atoms with van der Waals surface area (Å²) in [6.07, 6.45) is 2.22. The van der Waals surface area contributed by atoms with Crippen LogP contribution in [0.5, 0.6) is 0 Å². The number of piperidine rings is 1. The molecule has 1 atom stereocenters. The molecule has 1 aromatic rings. The van der Waals surface area contributed by atoms with Crippen LogP contribution in [0.2, 0.25) is 0 Å². The van der Waals surface area contributed by atoms with E-state index in [1.165, 1.54) is 0 Å². The molecule has 2 heterocycles. The molecule has 5 heteroatoms. The summed E-state index contributed by atoms with van der Waals surface area (Å²) in [6, 6.07) is 2.01. The van der Waals surface area contributed by atoms with Gasteiger partial charge in [-0.05, 0) is 32.6 Å². The smallest absolute Gasteiger partial charge is 0.224 e. The van der Waals surface area contributed by atoms with Crippen molar-refractivity contribution in [2.75, 3.05) is 36.5 Å². The zero-order valence-electron chi connectivity index (χ0n) is 11.2. The van der Waals surface area contributed by atoms with Gasteiger partial charge < -0.3 is 15.3 Å². The average molecular weight is 250 g/mol. The van der Waals surface area contributed by atoms with E-state index in [0.717, 1.165) is 44.0 Å². The number of nitrogens with one attached hydrogen (secondary N) is 1. The summed E-state index contributed by atoms with van der Waals surface area (Å²) in [5.74, 6) is 2.03. The van der Waals surface area contributed by atoms with Gasteiger partial charge in [0.25, 0.3) is 0 Å². The maximum absolute atomic E-state index is 9.28. The first-order valence-corrected chi connectivity index (χ1v) is 6.68. The molecule has 0 bridgehead atoms. The zero-order chi connectivity index (χ0) is 13.0. The third-order valence-corrected chi connectivity index (χ3v) is 3.28. The number of aryl methyl sites for hydroxylation is 1. The summed E-state index contributed by atoms with van der Waals surface area (Å²) < 4.78 is 0. The zero-order valence-corrected chi connectivity index (χ0v) is 11.2. The van der Waals surface area contributed by atoms with Gasteiger partial charge in [-0.1, -0.05) is 0 Å². The summed E-state index contributed by atoms with van der Waals surface area (Å²) in [6.45, 7) is 7.01. The van der Waals surface area contributed by atoms with Crippen molar-refractivity contribution in [2.24, 2.45) is 5.92 Å². The van der Waals surface area contributed by atoms with Crippen molar-refractivity contribution in [3.05, 3.63) is 11.8 Å². The highest BCUT2D eigenvalue weighted by Crippen LogP contribution is 2.22. The van der Waals surface area contributed by atoms with E-state index >= 15 is 0 Å². The lowest BCUT2D eigenvalue weighted by atomic mass is 9.99. The summed E-state index contributed by atoms with van der Waals surface area (Å²) >= 11 is 0. The van der Waals surface area contributed by atoms with E-state index < -0.39 is 0 Å². The normalized spacial score (nSPS) is 19.9. The van der Waals surface area contributed by atoms with Crippen LogP contribution in [0.1, 0.15) is 25.5 Å². The Bertz CT molecular complexity index is 397. The molecule has 0 amide bonds. The fourth-order valence-electron chi connectivity index (χ4n) is 2.37. The number of anilines is 2. The molecule has 2 rings (SSSR count). The standard InChI is InChI=1S/C13H22N4O/c1-3-14-13-15-10(2)7-12(16-13)17-6-4-5-11(8-17)9-18/h7,11,18H,3-6,8-9H2,1-2H3,(H,14,15,16). The van der Waals surface area contributed by atoms with Crippen molar-refractivity contribution in [3.63, 3.8) is 0 Å². The average Bonchev–Trinajstić information content (AvgIpc) is 2.38. The molecule has 0 aromatic carbocycles. The summed E-state index contributed by atoms with van der Waals surface area (Å²) in [5, 5.41) is 12.4. The molecule has 100 valence electrons. The molecule has 0 radical (unpaired) electrons. The minimum atomic E-state index is 0.265. The van der Waals surface area contributed by atoms with Crippen molar-refractivity contribution < 1.29 is 5.11 Å². The first-order valence-electron chi connectivity index (χ1n) is 6.68. The minimum absolute atomic E-state index is 0.265. The Labute approximate surface area is 108 Å². The van der Waals surface area contributed by atoms with Gasteiger partial charge in [-0.2, -0.15) is 4.98 Å². The number of hydrogen-bond acceptors (Lipinski definition) is 5. The third-order valence-electron chi connectivity index (χ3n) is 3.28. The van der Waals surface area contributed by atoms with Gasteiger partial charge in [0.05, 0.1) is 0 Å². The molecular weight excluding hydrogens is 228 g/mol. The predicted octanol–water partition coefficient (Wildman–Crippen LogP) is 1.43. The van der Waals surface area contributed by atoms with Crippen LogP contribution in [0.15, 0.2) is 6.07 Å². The molecular formula is C13H22N4O. The van der Waals surface area contributed by atoms with E-state index in [-0.39, 0.29) is 6.61 Å². The maximum atomic E-state index is 9.28. The molecule has 1 aliphatic rings. The predicted molar refractivity (Wildman–Crippen MR) is 73.0 cm³/mol. The molecule has 1 aliphatic heterocycles. The van der Waals surface area contributed by atoms with E-state index in [1.54, 1.807) is 0 Å². The van der Waals surface area contributed by atoms with Crippen LogP contribution in [-0.2, 0) is 0 Å². The van der Waals surface area contributed by atoms with Gasteiger partial charge in [0.2, 0.25) is 5.95 Å². The van der Waals surface area contributed by atoms with Crippen molar-refractivity contribution in [1.29, 1.82) is 0 Å². The maximum Gasteiger partial charge on any atom is 0.224 e. The number of aliphatic hydroxyl groups excluding tert-OH is 1. The van der Waals surface area contributed by atoms with E-state index in [0.29, 0.717) is 11.9 Å². The van der Waals surface area contributed by atoms with Gasteiger partial charge in [-0.3, -0.25) is 0 Å². The lowest BCUT2D eigenvalue weighted by Gasteiger charge is -2.32. The Hall–Kier alpha value is -1.36. The molecule has 5 nitrogen and oxygen atoms in total. The molecule has 1 saturated heterocycles. The molecule has 0 spiro atoms. The molecule has 2 N–H and O–H groups in total. The summed E-state index contributed by atoms with van der Waals surface area (Å²) in [4.78, 5) is 11.1. The second kappa shape index (κ2) is 6.00. The van der Waals surface area contributed by atoms with Gasteiger partial charge in [0.1, 0.15) is 5.82 Å². The van der Waals surface area contributed by atoms with Crippen LogP contribution >= 0.6 is 0 Å². The Balaban J connectivity index is 2.16. The lowest BCUT2D eigenvalue weighted by molar-refractivity contribution is 0.208. The van der Waals surface area contributed by atoms with Crippen LogP contribution in [0, 0.1) is 12.8 Å². The van der Waals surface area contributed by atoms with Gasteiger partial charge in [-0.25, -0.2) is 4.98 Å². The second-order valence-corrected chi connectivity index (χ2v) is 4.86. The van der Waals surface area contributed by atoms with Crippen LogP contribution < -0.4 is 10.2 Å². The summed E-state index contributed by atoms with van der Waals surface area (Å²) in [5.41, 5.74) is 0.974. The number of aliphatic hydroxyl groups is 1. The van der Waals surface area contributed by atoms with Crippen molar-refractivity contribution in [2.45, 2.75) is 26.7 Å². The monoisotopic (exact) mass is 250 g/mol. The van der Waals surface area contributed by atoms with Crippen LogP contribution in [0.3, 0.4) is 0 Å². The van der Waals surface area contributed by atoms with Crippen molar-refractivity contribution in [1.82, 2.24) is 9.97 Å². The highest BCUT2D eigenvalue weighted by atomic mass is 16.3. The lowest BCUT2D eigenvalue weighted by Crippen LogP contribution is -2.37. The largest absolute Gasteiger partial charge is 0.396 e. The SMILES string of the molecule is CCNc1nc(C)cc(N2CCCC(CO)C2)n1. The fraction of sp³-hybridized carbons (Fsp3) is 0.692. The van der Waals surface area contributed by atoms with Crippen LogP contribution in [0.4, 0.5) is 11.8 Å². The summed E-state index contributed by atoms with van der Waals surface area (Å²) in [7, 11) is 0. The molecule has 0 aliphatic carbocycles. The molecule has 18 heavy (non-hydrogen) atoms. The van der Waals surface area contributed by atoms with E-state index in [1.807, 2.05) is 19.9 Å². The highest BCUT2D eigenvalue weighted by molar-refractivity contribution is 5.45. The molecule has 1 unspecified atom stereocenters. The number of nitrogens with zero attached hydrogens (tertiary/aromatic N) is 3. The van der Waals surface area contributed by atoms with Crippen LogP contribution in [-0.4, -0.2) is 41.3 Å². The number of rotatable bonds is 4. The second-order valence-electron chi connectivity index (χ2n) is 4.86. The van der Waals surface area contributed by atoms with Gasteiger partial charge in [-0.15, -0.1) is 0 Å². The fourth-order valence-corrected chi connectivity index (χ4v) is 2.37. The highest BCUT2D eigenvalue weighted by Gasteiger charge is 2.20. The van der Waals surface area contributed by atoms with E-state index in [2.05, 4.69) is 20.2 Å². The van der Waals surface area contributed by atoms with Crippen LogP contribution in [0.25, 0.3) is 0 Å². The number of hydrogen-bond donors (Lipinski definition) is 2. The van der Waals surface area contributed by atoms with Gasteiger partial charge in [0, 0.05) is 38.0 Å². The Morgan fingerprint density at radius 3 is 3.06 bits per heavy atom. The topological polar surface area (TPSA) is 61.3 Å². The first kappa shape index (κ1) is 13.1. The first-order chi connectivity index (χ1) is 8.72.